The van der Waals surface area contributed by atoms with Crippen molar-refractivity contribution in [2.45, 2.75) is 65.0 Å². The lowest BCUT2D eigenvalue weighted by atomic mass is 9.84. The van der Waals surface area contributed by atoms with Gasteiger partial charge < -0.3 is 10.5 Å². The summed E-state index contributed by atoms with van der Waals surface area (Å²) in [4.78, 5) is 0. The van der Waals surface area contributed by atoms with Gasteiger partial charge >= 0.3 is 0 Å². The molecule has 2 N–H and O–H groups in total. The third-order valence-electron chi connectivity index (χ3n) is 3.19. The van der Waals surface area contributed by atoms with Crippen molar-refractivity contribution in [1.82, 2.24) is 0 Å². The molecule has 2 nitrogen and oxygen atoms in total. The molecule has 2 unspecified atom stereocenters. The van der Waals surface area contributed by atoms with Crippen LogP contribution in [0.1, 0.15) is 52.9 Å². The molecule has 1 rings (SSSR count). The van der Waals surface area contributed by atoms with Crippen LogP contribution in [0.2, 0.25) is 0 Å². The second kappa shape index (κ2) is 5.13. The molecule has 84 valence electrons. The van der Waals surface area contributed by atoms with Crippen LogP contribution >= 0.6 is 0 Å². The summed E-state index contributed by atoms with van der Waals surface area (Å²) in [5.41, 5.74) is 6.34. The van der Waals surface area contributed by atoms with Crippen LogP contribution in [-0.2, 0) is 4.74 Å². The molecule has 1 aliphatic rings. The molecule has 0 spiro atoms. The van der Waals surface area contributed by atoms with Crippen LogP contribution in [0.5, 0.6) is 0 Å². The van der Waals surface area contributed by atoms with E-state index in [1.807, 2.05) is 0 Å². The minimum atomic E-state index is 0.231. The molecule has 0 aromatic carbocycles. The summed E-state index contributed by atoms with van der Waals surface area (Å²) in [6.07, 6.45) is 6.51. The quantitative estimate of drug-likeness (QED) is 0.758. The highest BCUT2D eigenvalue weighted by molar-refractivity contribution is 4.78. The number of hydrogen-bond donors (Lipinski definition) is 1. The van der Waals surface area contributed by atoms with Crippen LogP contribution in [-0.4, -0.2) is 18.8 Å². The maximum absolute atomic E-state index is 6.11. The van der Waals surface area contributed by atoms with Gasteiger partial charge in [-0.3, -0.25) is 0 Å². The largest absolute Gasteiger partial charge is 0.378 e. The van der Waals surface area contributed by atoms with E-state index in [4.69, 9.17) is 10.5 Å². The zero-order valence-corrected chi connectivity index (χ0v) is 9.88. The first kappa shape index (κ1) is 12.0. The van der Waals surface area contributed by atoms with Crippen molar-refractivity contribution in [2.24, 2.45) is 11.1 Å². The molecule has 0 aliphatic carbocycles. The SMILES string of the molecule is CC(C)(C)C(N)CCC1CCCCO1. The summed E-state index contributed by atoms with van der Waals surface area (Å²) in [6.45, 7) is 7.58. The molecule has 2 atom stereocenters. The summed E-state index contributed by atoms with van der Waals surface area (Å²) < 4.78 is 5.69. The molecule has 0 aromatic rings. The molecule has 0 radical (unpaired) electrons. The molecule has 0 aromatic heterocycles. The number of nitrogens with two attached hydrogens (primary N) is 1. The maximum atomic E-state index is 6.11. The highest BCUT2D eigenvalue weighted by Gasteiger charge is 2.22. The Bertz CT molecular complexity index is 156. The smallest absolute Gasteiger partial charge is 0.0575 e. The highest BCUT2D eigenvalue weighted by Crippen LogP contribution is 2.24. The fraction of sp³-hybridized carbons (Fsp3) is 1.00. The maximum Gasteiger partial charge on any atom is 0.0575 e. The van der Waals surface area contributed by atoms with Crippen molar-refractivity contribution in [3.05, 3.63) is 0 Å². The van der Waals surface area contributed by atoms with Gasteiger partial charge in [-0.2, -0.15) is 0 Å². The lowest BCUT2D eigenvalue weighted by Crippen LogP contribution is -2.36. The molecule has 1 saturated heterocycles. The van der Waals surface area contributed by atoms with E-state index >= 15 is 0 Å². The molecule has 1 aliphatic heterocycles. The van der Waals surface area contributed by atoms with Crippen LogP contribution in [0.3, 0.4) is 0 Å². The van der Waals surface area contributed by atoms with Crippen molar-refractivity contribution in [3.8, 4) is 0 Å². The second-order valence-electron chi connectivity index (χ2n) is 5.54. The van der Waals surface area contributed by atoms with E-state index in [2.05, 4.69) is 20.8 Å². The first-order valence-corrected chi connectivity index (χ1v) is 5.87. The van der Waals surface area contributed by atoms with Crippen molar-refractivity contribution in [3.63, 3.8) is 0 Å². The number of ether oxygens (including phenoxy) is 1. The average Bonchev–Trinajstić information content (AvgIpc) is 2.14. The fourth-order valence-corrected chi connectivity index (χ4v) is 1.83. The van der Waals surface area contributed by atoms with E-state index in [1.54, 1.807) is 0 Å². The molecular formula is C12H25NO. The van der Waals surface area contributed by atoms with Crippen molar-refractivity contribution >= 4 is 0 Å². The molecule has 0 amide bonds. The average molecular weight is 199 g/mol. The summed E-state index contributed by atoms with van der Waals surface area (Å²) in [5.74, 6) is 0. The second-order valence-corrected chi connectivity index (χ2v) is 5.54. The van der Waals surface area contributed by atoms with E-state index in [9.17, 15) is 0 Å². The van der Waals surface area contributed by atoms with E-state index in [0.29, 0.717) is 12.1 Å². The summed E-state index contributed by atoms with van der Waals surface area (Å²) in [7, 11) is 0. The Balaban J connectivity index is 2.19. The topological polar surface area (TPSA) is 35.2 Å². The van der Waals surface area contributed by atoms with Gasteiger partial charge in [-0.05, 0) is 37.5 Å². The lowest BCUT2D eigenvalue weighted by Gasteiger charge is -2.29. The standard InChI is InChI=1S/C12H25NO/c1-12(2,3)11(13)8-7-10-6-4-5-9-14-10/h10-11H,4-9,13H2,1-3H3. The van der Waals surface area contributed by atoms with Gasteiger partial charge in [0, 0.05) is 12.6 Å². The van der Waals surface area contributed by atoms with E-state index in [1.165, 1.54) is 19.3 Å². The molecule has 0 bridgehead atoms. The zero-order chi connectivity index (χ0) is 10.6. The first-order valence-electron chi connectivity index (χ1n) is 5.87. The van der Waals surface area contributed by atoms with Crippen LogP contribution in [0, 0.1) is 5.41 Å². The summed E-state index contributed by atoms with van der Waals surface area (Å²) in [6, 6.07) is 0.299. The van der Waals surface area contributed by atoms with E-state index in [-0.39, 0.29) is 5.41 Å². The Kier molecular flexibility index (Phi) is 4.39. The van der Waals surface area contributed by atoms with Gasteiger partial charge in [0.15, 0.2) is 0 Å². The Labute approximate surface area is 88.2 Å². The fourth-order valence-electron chi connectivity index (χ4n) is 1.83. The normalized spacial score (nSPS) is 26.1. The van der Waals surface area contributed by atoms with Gasteiger partial charge in [-0.15, -0.1) is 0 Å². The number of hydrogen-bond acceptors (Lipinski definition) is 2. The van der Waals surface area contributed by atoms with Gasteiger partial charge in [0.2, 0.25) is 0 Å². The van der Waals surface area contributed by atoms with Crippen LogP contribution in [0.25, 0.3) is 0 Å². The van der Waals surface area contributed by atoms with Crippen LogP contribution in [0.4, 0.5) is 0 Å². The third kappa shape index (κ3) is 3.97. The Hall–Kier alpha value is -0.0800. The summed E-state index contributed by atoms with van der Waals surface area (Å²) >= 11 is 0. The summed E-state index contributed by atoms with van der Waals surface area (Å²) in [5, 5.41) is 0. The van der Waals surface area contributed by atoms with Gasteiger partial charge in [-0.1, -0.05) is 20.8 Å². The Morgan fingerprint density at radius 2 is 2.07 bits per heavy atom. The monoisotopic (exact) mass is 199 g/mol. The van der Waals surface area contributed by atoms with Crippen molar-refractivity contribution < 1.29 is 4.74 Å². The first-order chi connectivity index (χ1) is 6.50. The molecule has 1 fully saturated rings. The predicted molar refractivity (Wildman–Crippen MR) is 60.3 cm³/mol. The van der Waals surface area contributed by atoms with Gasteiger partial charge in [0.1, 0.15) is 0 Å². The molecule has 1 heterocycles. The van der Waals surface area contributed by atoms with Crippen LogP contribution in [0.15, 0.2) is 0 Å². The minimum absolute atomic E-state index is 0.231. The van der Waals surface area contributed by atoms with Crippen molar-refractivity contribution in [2.75, 3.05) is 6.61 Å². The molecule has 0 saturated carbocycles. The minimum Gasteiger partial charge on any atom is -0.378 e. The zero-order valence-electron chi connectivity index (χ0n) is 9.88. The third-order valence-corrected chi connectivity index (χ3v) is 3.19. The van der Waals surface area contributed by atoms with Gasteiger partial charge in [0.25, 0.3) is 0 Å². The Morgan fingerprint density at radius 3 is 2.57 bits per heavy atom. The number of rotatable bonds is 3. The molecular weight excluding hydrogens is 174 g/mol. The van der Waals surface area contributed by atoms with Crippen LogP contribution < -0.4 is 5.73 Å². The van der Waals surface area contributed by atoms with Gasteiger partial charge in [-0.25, -0.2) is 0 Å². The van der Waals surface area contributed by atoms with Crippen molar-refractivity contribution in [1.29, 1.82) is 0 Å². The Morgan fingerprint density at radius 1 is 1.36 bits per heavy atom. The van der Waals surface area contributed by atoms with E-state index < -0.39 is 0 Å². The van der Waals surface area contributed by atoms with E-state index in [0.717, 1.165) is 19.4 Å². The van der Waals surface area contributed by atoms with Gasteiger partial charge in [0.05, 0.1) is 6.10 Å². The lowest BCUT2D eigenvalue weighted by molar-refractivity contribution is 0.00739. The molecule has 14 heavy (non-hydrogen) atoms. The predicted octanol–water partition coefficient (Wildman–Crippen LogP) is 2.71. The highest BCUT2D eigenvalue weighted by atomic mass is 16.5. The molecule has 2 heteroatoms.